The maximum Gasteiger partial charge on any atom is 0.00692 e. The fourth-order valence-electron chi connectivity index (χ4n) is 0.813. The summed E-state index contributed by atoms with van der Waals surface area (Å²) in [6.45, 7) is 2.22. The Bertz CT molecular complexity index is 52.9. The molecule has 0 amide bonds. The van der Waals surface area contributed by atoms with Crippen LogP contribution in [0, 0.1) is 0 Å². The van der Waals surface area contributed by atoms with Gasteiger partial charge in [-0.2, -0.15) is 11.8 Å². The van der Waals surface area contributed by atoms with Gasteiger partial charge in [-0.15, -0.1) is 0 Å². The van der Waals surface area contributed by atoms with Gasteiger partial charge in [0.15, 0.2) is 0 Å². The summed E-state index contributed by atoms with van der Waals surface area (Å²) in [6, 6.07) is 0.734. The summed E-state index contributed by atoms with van der Waals surface area (Å²) < 4.78 is 0. The van der Waals surface area contributed by atoms with E-state index >= 15 is 0 Å². The first-order chi connectivity index (χ1) is 4.35. The Hall–Kier alpha value is 0.310. The van der Waals surface area contributed by atoms with Crippen molar-refractivity contribution < 1.29 is 0 Å². The summed E-state index contributed by atoms with van der Waals surface area (Å²) in [6.07, 6.45) is 4.70. The summed E-state index contributed by atoms with van der Waals surface area (Å²) in [5, 5.41) is 3.27. The van der Waals surface area contributed by atoms with Gasteiger partial charge in [-0.05, 0) is 31.9 Å². The summed E-state index contributed by atoms with van der Waals surface area (Å²) in [5.74, 6) is 1.28. The van der Waals surface area contributed by atoms with Gasteiger partial charge < -0.3 is 5.32 Å². The second-order valence-corrected chi connectivity index (χ2v) is 3.16. The van der Waals surface area contributed by atoms with Crippen LogP contribution in [0.1, 0.15) is 19.8 Å². The first kappa shape index (κ1) is 9.31. The van der Waals surface area contributed by atoms with Gasteiger partial charge in [-0.25, -0.2) is 0 Å². The van der Waals surface area contributed by atoms with E-state index in [9.17, 15) is 0 Å². The smallest absolute Gasteiger partial charge is 0.00692 e. The zero-order valence-electron chi connectivity index (χ0n) is 6.61. The molecule has 0 rings (SSSR count). The minimum atomic E-state index is 0.734. The molecule has 0 radical (unpaired) electrons. The Morgan fingerprint density at radius 3 is 2.56 bits per heavy atom. The molecule has 0 spiro atoms. The molecule has 0 bridgehead atoms. The normalized spacial score (nSPS) is 13.7. The van der Waals surface area contributed by atoms with Gasteiger partial charge in [0.25, 0.3) is 0 Å². The van der Waals surface area contributed by atoms with Crippen molar-refractivity contribution in [3.05, 3.63) is 0 Å². The minimum absolute atomic E-state index is 0.734. The molecule has 0 aromatic rings. The van der Waals surface area contributed by atoms with Crippen molar-refractivity contribution in [3.8, 4) is 0 Å². The summed E-state index contributed by atoms with van der Waals surface area (Å²) in [4.78, 5) is 0. The molecule has 0 saturated carbocycles. The van der Waals surface area contributed by atoms with E-state index in [1.54, 1.807) is 0 Å². The molecule has 0 aliphatic rings. The van der Waals surface area contributed by atoms with Crippen molar-refractivity contribution in [1.82, 2.24) is 5.32 Å². The summed E-state index contributed by atoms with van der Waals surface area (Å²) in [7, 11) is 2.04. The van der Waals surface area contributed by atoms with Crippen molar-refractivity contribution in [2.45, 2.75) is 25.8 Å². The molecule has 1 unspecified atom stereocenters. The second kappa shape index (κ2) is 6.43. The van der Waals surface area contributed by atoms with Crippen molar-refractivity contribution >= 4 is 11.8 Å². The summed E-state index contributed by atoms with van der Waals surface area (Å²) >= 11 is 1.92. The maximum absolute atomic E-state index is 3.27. The van der Waals surface area contributed by atoms with E-state index in [0.717, 1.165) is 6.04 Å². The van der Waals surface area contributed by atoms with Gasteiger partial charge >= 0.3 is 0 Å². The second-order valence-electron chi connectivity index (χ2n) is 2.18. The van der Waals surface area contributed by atoms with Crippen LogP contribution in [0.2, 0.25) is 0 Å². The van der Waals surface area contributed by atoms with Crippen LogP contribution in [0.3, 0.4) is 0 Å². The zero-order valence-corrected chi connectivity index (χ0v) is 7.42. The lowest BCUT2D eigenvalue weighted by Crippen LogP contribution is -2.24. The van der Waals surface area contributed by atoms with Gasteiger partial charge in [0.1, 0.15) is 0 Å². The van der Waals surface area contributed by atoms with E-state index in [2.05, 4.69) is 18.5 Å². The number of hydrogen-bond acceptors (Lipinski definition) is 2. The van der Waals surface area contributed by atoms with Crippen LogP contribution < -0.4 is 5.32 Å². The Balaban J connectivity index is 3.09. The van der Waals surface area contributed by atoms with E-state index in [0.29, 0.717) is 0 Å². The highest BCUT2D eigenvalue weighted by atomic mass is 32.2. The van der Waals surface area contributed by atoms with Gasteiger partial charge in [-0.1, -0.05) is 6.92 Å². The van der Waals surface area contributed by atoms with Gasteiger partial charge in [0, 0.05) is 6.04 Å². The molecule has 0 aliphatic carbocycles. The topological polar surface area (TPSA) is 12.0 Å². The first-order valence-electron chi connectivity index (χ1n) is 3.51. The maximum atomic E-state index is 3.27. The highest BCUT2D eigenvalue weighted by Gasteiger charge is 1.99. The van der Waals surface area contributed by atoms with Crippen LogP contribution >= 0.6 is 11.8 Å². The standard InChI is InChI=1S/C7H17NS/c1-4-7(8-2)5-6-9-3/h7-8H,4-6H2,1-3H3. The number of thioether (sulfide) groups is 1. The lowest BCUT2D eigenvalue weighted by Gasteiger charge is -2.11. The molecule has 1 N–H and O–H groups in total. The third-order valence-electron chi connectivity index (χ3n) is 1.57. The van der Waals surface area contributed by atoms with Crippen molar-refractivity contribution in [2.75, 3.05) is 19.1 Å². The van der Waals surface area contributed by atoms with Crippen molar-refractivity contribution in [1.29, 1.82) is 0 Å². The van der Waals surface area contributed by atoms with Crippen LogP contribution in [0.15, 0.2) is 0 Å². The molecular weight excluding hydrogens is 130 g/mol. The molecule has 0 fully saturated rings. The Morgan fingerprint density at radius 1 is 1.56 bits per heavy atom. The monoisotopic (exact) mass is 147 g/mol. The molecule has 1 nitrogen and oxygen atoms in total. The fourth-order valence-corrected chi connectivity index (χ4v) is 1.33. The summed E-state index contributed by atoms with van der Waals surface area (Å²) in [5.41, 5.74) is 0. The van der Waals surface area contributed by atoms with Crippen LogP contribution in [0.4, 0.5) is 0 Å². The molecule has 0 heterocycles. The van der Waals surface area contributed by atoms with Crippen LogP contribution in [-0.4, -0.2) is 25.1 Å². The van der Waals surface area contributed by atoms with E-state index in [-0.39, 0.29) is 0 Å². The first-order valence-corrected chi connectivity index (χ1v) is 4.90. The highest BCUT2D eigenvalue weighted by Crippen LogP contribution is 2.02. The fraction of sp³-hybridized carbons (Fsp3) is 1.00. The lowest BCUT2D eigenvalue weighted by atomic mass is 10.2. The van der Waals surface area contributed by atoms with E-state index in [1.807, 2.05) is 18.8 Å². The zero-order chi connectivity index (χ0) is 7.11. The van der Waals surface area contributed by atoms with Gasteiger partial charge in [0.2, 0.25) is 0 Å². The molecule has 2 heteroatoms. The third-order valence-corrected chi connectivity index (χ3v) is 2.22. The molecule has 0 aromatic heterocycles. The van der Waals surface area contributed by atoms with Gasteiger partial charge in [0.05, 0.1) is 0 Å². The number of rotatable bonds is 5. The minimum Gasteiger partial charge on any atom is -0.317 e. The SMILES string of the molecule is CCC(CCSC)NC. The van der Waals surface area contributed by atoms with Crippen LogP contribution in [-0.2, 0) is 0 Å². The Kier molecular flexibility index (Phi) is 6.65. The van der Waals surface area contributed by atoms with E-state index < -0.39 is 0 Å². The molecule has 0 aliphatic heterocycles. The van der Waals surface area contributed by atoms with Crippen LogP contribution in [0.25, 0.3) is 0 Å². The highest BCUT2D eigenvalue weighted by molar-refractivity contribution is 7.98. The molecule has 56 valence electrons. The predicted octanol–water partition coefficient (Wildman–Crippen LogP) is 1.74. The van der Waals surface area contributed by atoms with Crippen molar-refractivity contribution in [2.24, 2.45) is 0 Å². The Labute approximate surface area is 62.6 Å². The molecule has 1 atom stereocenters. The van der Waals surface area contributed by atoms with Crippen molar-refractivity contribution in [3.63, 3.8) is 0 Å². The molecule has 0 aromatic carbocycles. The average molecular weight is 147 g/mol. The predicted molar refractivity (Wildman–Crippen MR) is 46.1 cm³/mol. The molecule has 0 saturated heterocycles. The largest absolute Gasteiger partial charge is 0.317 e. The lowest BCUT2D eigenvalue weighted by molar-refractivity contribution is 0.534. The van der Waals surface area contributed by atoms with E-state index in [1.165, 1.54) is 18.6 Å². The molecular formula is C7H17NS. The number of hydrogen-bond donors (Lipinski definition) is 1. The van der Waals surface area contributed by atoms with E-state index in [4.69, 9.17) is 0 Å². The average Bonchev–Trinajstić information content (AvgIpc) is 1.91. The quantitative estimate of drug-likeness (QED) is 0.635. The third kappa shape index (κ3) is 4.79. The van der Waals surface area contributed by atoms with Gasteiger partial charge in [-0.3, -0.25) is 0 Å². The number of nitrogens with one attached hydrogen (secondary N) is 1. The van der Waals surface area contributed by atoms with Crippen LogP contribution in [0.5, 0.6) is 0 Å². The Morgan fingerprint density at radius 2 is 2.22 bits per heavy atom. The molecule has 9 heavy (non-hydrogen) atoms.